The van der Waals surface area contributed by atoms with Crippen LogP contribution in [-0.4, -0.2) is 11.7 Å². The van der Waals surface area contributed by atoms with Gasteiger partial charge in [-0.05, 0) is 34.9 Å². The van der Waals surface area contributed by atoms with Crippen molar-refractivity contribution in [1.82, 2.24) is 0 Å². The second-order valence-electron chi connectivity index (χ2n) is 4.83. The van der Waals surface area contributed by atoms with Crippen LogP contribution in [0.5, 0.6) is 0 Å². The zero-order valence-electron chi connectivity index (χ0n) is 9.96. The molecule has 2 heteroatoms. The Morgan fingerprint density at radius 2 is 1.56 bits per heavy atom. The van der Waals surface area contributed by atoms with Crippen molar-refractivity contribution in [1.29, 1.82) is 0 Å². The highest BCUT2D eigenvalue weighted by Gasteiger charge is 2.51. The zero-order valence-corrected chi connectivity index (χ0v) is 10.7. The molecule has 1 aliphatic carbocycles. The van der Waals surface area contributed by atoms with Crippen LogP contribution >= 0.6 is 11.6 Å². The molecule has 2 aromatic rings. The van der Waals surface area contributed by atoms with Gasteiger partial charge in [-0.15, -0.1) is 0 Å². The minimum atomic E-state index is 0.218. The van der Waals surface area contributed by atoms with Gasteiger partial charge in [-0.1, -0.05) is 60.1 Å². The largest absolute Gasteiger partial charge is 0.396 e. The lowest BCUT2D eigenvalue weighted by molar-refractivity contribution is 0.271. The molecule has 0 aliphatic heterocycles. The monoisotopic (exact) mass is 258 g/mol. The van der Waals surface area contributed by atoms with Gasteiger partial charge in [0.05, 0.1) is 0 Å². The topological polar surface area (TPSA) is 20.2 Å². The summed E-state index contributed by atoms with van der Waals surface area (Å²) in [5.74, 6) is 1.05. The molecular formula is C16H15ClO. The van der Waals surface area contributed by atoms with Crippen molar-refractivity contribution < 1.29 is 5.11 Å². The fourth-order valence-electron chi connectivity index (χ4n) is 2.90. The van der Waals surface area contributed by atoms with Gasteiger partial charge < -0.3 is 5.11 Å². The first kappa shape index (κ1) is 11.8. The van der Waals surface area contributed by atoms with Crippen LogP contribution in [0.25, 0.3) is 0 Å². The summed E-state index contributed by atoms with van der Waals surface area (Å²) in [4.78, 5) is 0. The number of hydrogen-bond donors (Lipinski definition) is 1. The van der Waals surface area contributed by atoms with Crippen molar-refractivity contribution >= 4 is 11.6 Å². The Kier molecular flexibility index (Phi) is 3.11. The van der Waals surface area contributed by atoms with Crippen molar-refractivity contribution in [3.8, 4) is 0 Å². The lowest BCUT2D eigenvalue weighted by Gasteiger charge is -2.03. The van der Waals surface area contributed by atoms with Crippen LogP contribution in [0.1, 0.15) is 23.0 Å². The van der Waals surface area contributed by atoms with Crippen molar-refractivity contribution in [2.45, 2.75) is 11.8 Å². The molecule has 0 heterocycles. The number of hydrogen-bond acceptors (Lipinski definition) is 1. The molecule has 1 fully saturated rings. The van der Waals surface area contributed by atoms with Crippen LogP contribution in [0.3, 0.4) is 0 Å². The van der Waals surface area contributed by atoms with Gasteiger partial charge in [-0.3, -0.25) is 0 Å². The Hall–Kier alpha value is -1.31. The molecule has 1 aliphatic rings. The Morgan fingerprint density at radius 1 is 0.889 bits per heavy atom. The quantitative estimate of drug-likeness (QED) is 0.887. The van der Waals surface area contributed by atoms with E-state index >= 15 is 0 Å². The second kappa shape index (κ2) is 4.75. The molecule has 0 spiro atoms. The van der Waals surface area contributed by atoms with Gasteiger partial charge in [0.2, 0.25) is 0 Å². The fraction of sp³-hybridized carbons (Fsp3) is 0.250. The second-order valence-corrected chi connectivity index (χ2v) is 5.24. The van der Waals surface area contributed by atoms with Gasteiger partial charge in [0.25, 0.3) is 0 Å². The Labute approximate surface area is 112 Å². The molecule has 0 radical (unpaired) electrons. The van der Waals surface area contributed by atoms with Crippen LogP contribution in [0.4, 0.5) is 0 Å². The zero-order chi connectivity index (χ0) is 12.5. The highest BCUT2D eigenvalue weighted by molar-refractivity contribution is 6.31. The third kappa shape index (κ3) is 1.94. The van der Waals surface area contributed by atoms with E-state index in [1.54, 1.807) is 0 Å². The van der Waals surface area contributed by atoms with Crippen LogP contribution in [0.15, 0.2) is 54.6 Å². The van der Waals surface area contributed by atoms with E-state index in [4.69, 9.17) is 11.6 Å². The average molecular weight is 259 g/mol. The molecule has 0 amide bonds. The predicted octanol–water partition coefficient (Wildman–Crippen LogP) is 3.83. The number of aliphatic hydroxyl groups is 1. The maximum absolute atomic E-state index is 9.52. The van der Waals surface area contributed by atoms with Gasteiger partial charge >= 0.3 is 0 Å². The molecule has 3 rings (SSSR count). The molecule has 1 saturated carbocycles. The summed E-state index contributed by atoms with van der Waals surface area (Å²) in [6.45, 7) is 0.218. The molecule has 1 N–H and O–H groups in total. The summed E-state index contributed by atoms with van der Waals surface area (Å²) < 4.78 is 0. The third-order valence-corrected chi connectivity index (χ3v) is 4.17. The average Bonchev–Trinajstić information content (AvgIpc) is 3.14. The lowest BCUT2D eigenvalue weighted by Crippen LogP contribution is -1.89. The first-order valence-corrected chi connectivity index (χ1v) is 6.61. The van der Waals surface area contributed by atoms with Crippen molar-refractivity contribution in [3.05, 3.63) is 70.7 Å². The highest BCUT2D eigenvalue weighted by Crippen LogP contribution is 2.61. The van der Waals surface area contributed by atoms with Gasteiger partial charge in [0.1, 0.15) is 0 Å². The summed E-state index contributed by atoms with van der Waals surface area (Å²) in [7, 11) is 0. The molecule has 18 heavy (non-hydrogen) atoms. The first-order valence-electron chi connectivity index (χ1n) is 6.23. The van der Waals surface area contributed by atoms with Crippen molar-refractivity contribution in [2.24, 2.45) is 5.92 Å². The minimum absolute atomic E-state index is 0.218. The molecule has 1 nitrogen and oxygen atoms in total. The molecular weight excluding hydrogens is 244 g/mol. The van der Waals surface area contributed by atoms with E-state index in [0.717, 1.165) is 10.6 Å². The van der Waals surface area contributed by atoms with E-state index in [1.807, 2.05) is 36.4 Å². The van der Waals surface area contributed by atoms with Gasteiger partial charge in [0.15, 0.2) is 0 Å². The van der Waals surface area contributed by atoms with Gasteiger partial charge in [-0.25, -0.2) is 0 Å². The molecule has 92 valence electrons. The maximum atomic E-state index is 9.52. The summed E-state index contributed by atoms with van der Waals surface area (Å²) in [5, 5.41) is 10.3. The summed E-state index contributed by atoms with van der Waals surface area (Å²) in [6, 6.07) is 18.3. The van der Waals surface area contributed by atoms with E-state index in [0.29, 0.717) is 17.8 Å². The normalized spacial score (nSPS) is 26.0. The fourth-order valence-corrected chi connectivity index (χ4v) is 3.16. The maximum Gasteiger partial charge on any atom is 0.0471 e. The molecule has 2 aromatic carbocycles. The standard InChI is InChI=1S/C16H15ClO/c17-14-9-5-4-8-12(14)16-13(10-18)15(16)11-6-2-1-3-7-11/h1-9,13,15-16,18H,10H2/t13-,15+,16+/m0/s1. The van der Waals surface area contributed by atoms with E-state index in [2.05, 4.69) is 18.2 Å². The molecule has 0 aromatic heterocycles. The third-order valence-electron chi connectivity index (χ3n) is 3.83. The van der Waals surface area contributed by atoms with Gasteiger partial charge in [-0.2, -0.15) is 0 Å². The predicted molar refractivity (Wildman–Crippen MR) is 74.0 cm³/mol. The number of halogens is 1. The van der Waals surface area contributed by atoms with Crippen LogP contribution < -0.4 is 0 Å². The van der Waals surface area contributed by atoms with Crippen LogP contribution in [0.2, 0.25) is 5.02 Å². The number of aliphatic hydroxyl groups excluding tert-OH is 1. The molecule has 0 saturated heterocycles. The Bertz CT molecular complexity index is 538. The van der Waals surface area contributed by atoms with Crippen LogP contribution in [0, 0.1) is 5.92 Å². The first-order chi connectivity index (χ1) is 8.83. The van der Waals surface area contributed by atoms with E-state index in [-0.39, 0.29) is 6.61 Å². The summed E-state index contributed by atoms with van der Waals surface area (Å²) >= 11 is 6.25. The SMILES string of the molecule is OC[C@H]1[C@@H](c2ccccc2)[C@@H]1c1ccccc1Cl. The van der Waals surface area contributed by atoms with Crippen molar-refractivity contribution in [3.63, 3.8) is 0 Å². The minimum Gasteiger partial charge on any atom is -0.396 e. The molecule has 0 unspecified atom stereocenters. The molecule has 3 atom stereocenters. The number of rotatable bonds is 3. The van der Waals surface area contributed by atoms with Crippen molar-refractivity contribution in [2.75, 3.05) is 6.61 Å². The summed E-state index contributed by atoms with van der Waals surface area (Å²) in [5.41, 5.74) is 2.45. The van der Waals surface area contributed by atoms with E-state index < -0.39 is 0 Å². The lowest BCUT2D eigenvalue weighted by atomic mass is 10.0. The van der Waals surface area contributed by atoms with E-state index in [9.17, 15) is 5.11 Å². The highest BCUT2D eigenvalue weighted by atomic mass is 35.5. The number of benzene rings is 2. The van der Waals surface area contributed by atoms with E-state index in [1.165, 1.54) is 5.56 Å². The Balaban J connectivity index is 1.93. The molecule has 0 bridgehead atoms. The van der Waals surface area contributed by atoms with Crippen LogP contribution in [-0.2, 0) is 0 Å². The summed E-state index contributed by atoms with van der Waals surface area (Å²) in [6.07, 6.45) is 0. The smallest absolute Gasteiger partial charge is 0.0471 e. The van der Waals surface area contributed by atoms with Gasteiger partial charge in [0, 0.05) is 11.6 Å². The Morgan fingerprint density at radius 3 is 2.22 bits per heavy atom.